The van der Waals surface area contributed by atoms with E-state index in [0.29, 0.717) is 12.5 Å². The van der Waals surface area contributed by atoms with E-state index in [-0.39, 0.29) is 0 Å². The molecule has 1 aromatic carbocycles. The van der Waals surface area contributed by atoms with Crippen LogP contribution in [0.5, 0.6) is 5.75 Å². The number of hydrogen-bond acceptors (Lipinski definition) is 3. The van der Waals surface area contributed by atoms with Crippen LogP contribution in [0.2, 0.25) is 0 Å². The van der Waals surface area contributed by atoms with Gasteiger partial charge in [-0.2, -0.15) is 5.10 Å². The summed E-state index contributed by atoms with van der Waals surface area (Å²) in [6, 6.07) is 7.77. The molecule has 0 saturated carbocycles. The van der Waals surface area contributed by atoms with Crippen molar-refractivity contribution in [1.29, 1.82) is 0 Å². The van der Waals surface area contributed by atoms with Crippen molar-refractivity contribution in [2.24, 2.45) is 5.92 Å². The zero-order chi connectivity index (χ0) is 13.0. The van der Waals surface area contributed by atoms with E-state index in [4.69, 9.17) is 4.74 Å². The van der Waals surface area contributed by atoms with Crippen LogP contribution >= 0.6 is 15.9 Å². The van der Waals surface area contributed by atoms with Gasteiger partial charge in [-0.25, -0.2) is 9.67 Å². The van der Waals surface area contributed by atoms with E-state index >= 15 is 0 Å². The molecule has 5 heteroatoms. The molecule has 18 heavy (non-hydrogen) atoms. The smallest absolute Gasteiger partial charge is 0.164 e. The first kappa shape index (κ1) is 13.1. The molecule has 2 aromatic rings. The molecule has 1 heterocycles. The molecule has 1 aromatic heterocycles. The fourth-order valence-corrected chi connectivity index (χ4v) is 1.98. The monoisotopic (exact) mass is 309 g/mol. The largest absolute Gasteiger partial charge is 0.486 e. The van der Waals surface area contributed by atoms with Crippen molar-refractivity contribution in [3.63, 3.8) is 0 Å². The van der Waals surface area contributed by atoms with E-state index in [2.05, 4.69) is 39.9 Å². The topological polar surface area (TPSA) is 39.9 Å². The Morgan fingerprint density at radius 2 is 2.22 bits per heavy atom. The first-order valence-corrected chi connectivity index (χ1v) is 6.69. The van der Waals surface area contributed by atoms with Gasteiger partial charge in [-0.05, 0) is 24.1 Å². The molecule has 2 rings (SSSR count). The molecule has 0 spiro atoms. The third-order valence-electron chi connectivity index (χ3n) is 2.40. The average Bonchev–Trinajstić information content (AvgIpc) is 2.73. The normalized spacial score (nSPS) is 10.9. The lowest BCUT2D eigenvalue weighted by Gasteiger charge is -2.09. The summed E-state index contributed by atoms with van der Waals surface area (Å²) >= 11 is 3.41. The summed E-state index contributed by atoms with van der Waals surface area (Å²) in [4.78, 5) is 4.22. The SMILES string of the molecule is CC(C)Cn1ncnc1COc1cccc(Br)c1. The number of aromatic nitrogens is 3. The minimum atomic E-state index is 0.434. The van der Waals surface area contributed by atoms with E-state index in [1.807, 2.05) is 28.9 Å². The Labute approximate surface area is 115 Å². The van der Waals surface area contributed by atoms with Gasteiger partial charge in [-0.15, -0.1) is 0 Å². The fourth-order valence-electron chi connectivity index (χ4n) is 1.60. The average molecular weight is 310 g/mol. The molecule has 0 unspecified atom stereocenters. The molecule has 0 fully saturated rings. The molecule has 0 atom stereocenters. The van der Waals surface area contributed by atoms with Gasteiger partial charge in [0.1, 0.15) is 18.7 Å². The summed E-state index contributed by atoms with van der Waals surface area (Å²) in [7, 11) is 0. The third-order valence-corrected chi connectivity index (χ3v) is 2.89. The summed E-state index contributed by atoms with van der Waals surface area (Å²) in [6.07, 6.45) is 1.57. The second-order valence-corrected chi connectivity index (χ2v) is 5.41. The molecule has 96 valence electrons. The van der Waals surface area contributed by atoms with Crippen molar-refractivity contribution in [1.82, 2.24) is 14.8 Å². The van der Waals surface area contributed by atoms with Crippen molar-refractivity contribution in [2.45, 2.75) is 27.0 Å². The van der Waals surface area contributed by atoms with E-state index in [9.17, 15) is 0 Å². The minimum Gasteiger partial charge on any atom is -0.486 e. The van der Waals surface area contributed by atoms with Gasteiger partial charge in [0.25, 0.3) is 0 Å². The standard InChI is InChI=1S/C13H16BrN3O/c1-10(2)7-17-13(15-9-16-17)8-18-12-5-3-4-11(14)6-12/h3-6,9-10H,7-8H2,1-2H3. The van der Waals surface area contributed by atoms with Gasteiger partial charge in [-0.1, -0.05) is 35.8 Å². The second kappa shape index (κ2) is 6.00. The molecular weight excluding hydrogens is 294 g/mol. The molecule has 0 aliphatic rings. The van der Waals surface area contributed by atoms with Gasteiger partial charge in [0, 0.05) is 11.0 Å². The van der Waals surface area contributed by atoms with E-state index in [0.717, 1.165) is 22.6 Å². The molecule has 0 amide bonds. The van der Waals surface area contributed by atoms with Crippen LogP contribution in [0.15, 0.2) is 35.1 Å². The molecule has 0 bridgehead atoms. The number of rotatable bonds is 5. The van der Waals surface area contributed by atoms with Crippen LogP contribution in [0.3, 0.4) is 0 Å². The lowest BCUT2D eigenvalue weighted by Crippen LogP contribution is -2.12. The lowest BCUT2D eigenvalue weighted by molar-refractivity contribution is 0.282. The van der Waals surface area contributed by atoms with E-state index in [1.165, 1.54) is 0 Å². The van der Waals surface area contributed by atoms with Crippen LogP contribution in [-0.2, 0) is 13.2 Å². The predicted molar refractivity (Wildman–Crippen MR) is 73.3 cm³/mol. The van der Waals surface area contributed by atoms with Gasteiger partial charge >= 0.3 is 0 Å². The maximum absolute atomic E-state index is 5.70. The van der Waals surface area contributed by atoms with Crippen molar-refractivity contribution in [3.05, 3.63) is 40.9 Å². The van der Waals surface area contributed by atoms with Crippen LogP contribution in [0, 0.1) is 5.92 Å². The second-order valence-electron chi connectivity index (χ2n) is 4.50. The molecule has 4 nitrogen and oxygen atoms in total. The van der Waals surface area contributed by atoms with Gasteiger partial charge < -0.3 is 4.74 Å². The predicted octanol–water partition coefficient (Wildman–Crippen LogP) is 3.28. The number of benzene rings is 1. The maximum Gasteiger partial charge on any atom is 0.164 e. The molecular formula is C13H16BrN3O. The Morgan fingerprint density at radius 3 is 2.94 bits per heavy atom. The van der Waals surface area contributed by atoms with Crippen LogP contribution in [0.1, 0.15) is 19.7 Å². The van der Waals surface area contributed by atoms with Crippen molar-refractivity contribution >= 4 is 15.9 Å². The lowest BCUT2D eigenvalue weighted by atomic mass is 10.2. The summed E-state index contributed by atoms with van der Waals surface area (Å²) in [5.74, 6) is 2.21. The molecule has 0 radical (unpaired) electrons. The zero-order valence-corrected chi connectivity index (χ0v) is 12.1. The Balaban J connectivity index is 2.00. The van der Waals surface area contributed by atoms with Gasteiger partial charge in [0.05, 0.1) is 0 Å². The zero-order valence-electron chi connectivity index (χ0n) is 10.5. The Hall–Kier alpha value is -1.36. The highest BCUT2D eigenvalue weighted by molar-refractivity contribution is 9.10. The summed E-state index contributed by atoms with van der Waals surface area (Å²) in [5, 5.41) is 4.20. The van der Waals surface area contributed by atoms with Crippen LogP contribution in [0.4, 0.5) is 0 Å². The summed E-state index contributed by atoms with van der Waals surface area (Å²) in [6.45, 7) is 5.60. The molecule has 0 aliphatic carbocycles. The van der Waals surface area contributed by atoms with Crippen molar-refractivity contribution in [3.8, 4) is 5.75 Å². The van der Waals surface area contributed by atoms with E-state index < -0.39 is 0 Å². The highest BCUT2D eigenvalue weighted by atomic mass is 79.9. The maximum atomic E-state index is 5.70. The highest BCUT2D eigenvalue weighted by Crippen LogP contribution is 2.18. The van der Waals surface area contributed by atoms with Crippen molar-refractivity contribution in [2.75, 3.05) is 0 Å². The summed E-state index contributed by atoms with van der Waals surface area (Å²) < 4.78 is 8.60. The van der Waals surface area contributed by atoms with E-state index in [1.54, 1.807) is 6.33 Å². The van der Waals surface area contributed by atoms with Crippen molar-refractivity contribution < 1.29 is 4.74 Å². The quantitative estimate of drug-likeness (QED) is 0.851. The van der Waals surface area contributed by atoms with Gasteiger partial charge in [-0.3, -0.25) is 0 Å². The van der Waals surface area contributed by atoms with Crippen LogP contribution in [0.25, 0.3) is 0 Å². The fraction of sp³-hybridized carbons (Fsp3) is 0.385. The Bertz CT molecular complexity index is 510. The van der Waals surface area contributed by atoms with Crippen LogP contribution < -0.4 is 4.74 Å². The van der Waals surface area contributed by atoms with Gasteiger partial charge in [0.15, 0.2) is 5.82 Å². The number of halogens is 1. The molecule has 0 N–H and O–H groups in total. The Kier molecular flexibility index (Phi) is 4.36. The highest BCUT2D eigenvalue weighted by Gasteiger charge is 2.07. The third kappa shape index (κ3) is 3.57. The van der Waals surface area contributed by atoms with Crippen LogP contribution in [-0.4, -0.2) is 14.8 Å². The number of ether oxygens (including phenoxy) is 1. The number of hydrogen-bond donors (Lipinski definition) is 0. The first-order chi connectivity index (χ1) is 8.65. The minimum absolute atomic E-state index is 0.434. The summed E-state index contributed by atoms with van der Waals surface area (Å²) in [5.41, 5.74) is 0. The van der Waals surface area contributed by atoms with Gasteiger partial charge in [0.2, 0.25) is 0 Å². The Morgan fingerprint density at radius 1 is 1.39 bits per heavy atom. The number of nitrogens with zero attached hydrogens (tertiary/aromatic N) is 3. The molecule has 0 saturated heterocycles. The molecule has 0 aliphatic heterocycles. The first-order valence-electron chi connectivity index (χ1n) is 5.90.